The van der Waals surface area contributed by atoms with Crippen LogP contribution in [0.5, 0.6) is 0 Å². The highest BCUT2D eigenvalue weighted by molar-refractivity contribution is 7.99. The van der Waals surface area contributed by atoms with Gasteiger partial charge in [0.2, 0.25) is 10.0 Å². The molecule has 118 valence electrons. The predicted octanol–water partition coefficient (Wildman–Crippen LogP) is 2.62. The summed E-state index contributed by atoms with van der Waals surface area (Å²) in [5.41, 5.74) is 0.917. The van der Waals surface area contributed by atoms with Gasteiger partial charge in [-0.1, -0.05) is 24.6 Å². The molecule has 1 aliphatic heterocycles. The molecule has 0 bridgehead atoms. The summed E-state index contributed by atoms with van der Waals surface area (Å²) in [6, 6.07) is 5.18. The molecule has 0 amide bonds. The van der Waals surface area contributed by atoms with Crippen molar-refractivity contribution in [2.45, 2.75) is 37.2 Å². The molecule has 1 fully saturated rings. The molecule has 1 aromatic rings. The number of halogens is 1. The van der Waals surface area contributed by atoms with Gasteiger partial charge in [0.05, 0.1) is 5.02 Å². The SMILES string of the molecule is CCNCc1ccc(Cl)c(S(=O)(=O)NC2CCSCC2)c1. The van der Waals surface area contributed by atoms with Gasteiger partial charge in [-0.05, 0) is 48.6 Å². The zero-order valence-corrected chi connectivity index (χ0v) is 14.5. The Morgan fingerprint density at radius 3 is 2.71 bits per heavy atom. The average Bonchev–Trinajstić information content (AvgIpc) is 2.47. The Labute approximate surface area is 136 Å². The summed E-state index contributed by atoms with van der Waals surface area (Å²) >= 11 is 7.95. The Morgan fingerprint density at radius 1 is 1.33 bits per heavy atom. The van der Waals surface area contributed by atoms with E-state index in [9.17, 15) is 8.42 Å². The zero-order chi connectivity index (χ0) is 15.3. The summed E-state index contributed by atoms with van der Waals surface area (Å²) in [6.07, 6.45) is 1.75. The quantitative estimate of drug-likeness (QED) is 0.829. The molecular weight excluding hydrogens is 328 g/mol. The second-order valence-electron chi connectivity index (χ2n) is 5.05. The highest BCUT2D eigenvalue weighted by Crippen LogP contribution is 2.25. The predicted molar refractivity (Wildman–Crippen MR) is 89.5 cm³/mol. The van der Waals surface area contributed by atoms with Crippen LogP contribution in [0.4, 0.5) is 0 Å². The number of hydrogen-bond acceptors (Lipinski definition) is 4. The van der Waals surface area contributed by atoms with Gasteiger partial charge in [0.25, 0.3) is 0 Å². The van der Waals surface area contributed by atoms with Gasteiger partial charge in [-0.25, -0.2) is 13.1 Å². The minimum absolute atomic E-state index is 0.0183. The van der Waals surface area contributed by atoms with E-state index in [4.69, 9.17) is 11.6 Å². The van der Waals surface area contributed by atoms with E-state index in [1.54, 1.807) is 12.1 Å². The molecule has 2 N–H and O–H groups in total. The van der Waals surface area contributed by atoms with Gasteiger partial charge in [0.15, 0.2) is 0 Å². The van der Waals surface area contributed by atoms with Crippen LogP contribution in [0, 0.1) is 0 Å². The van der Waals surface area contributed by atoms with Gasteiger partial charge in [-0.15, -0.1) is 0 Å². The van der Waals surface area contributed by atoms with Crippen LogP contribution in [-0.4, -0.2) is 32.5 Å². The number of sulfonamides is 1. The van der Waals surface area contributed by atoms with Gasteiger partial charge in [0.1, 0.15) is 4.90 Å². The van der Waals surface area contributed by atoms with E-state index in [1.807, 2.05) is 24.8 Å². The first-order valence-electron chi connectivity index (χ1n) is 7.12. The van der Waals surface area contributed by atoms with Crippen molar-refractivity contribution in [2.75, 3.05) is 18.1 Å². The highest BCUT2D eigenvalue weighted by Gasteiger charge is 2.24. The third-order valence-corrected chi connectivity index (χ3v) is 6.46. The molecule has 0 spiro atoms. The first-order valence-corrected chi connectivity index (χ1v) is 10.1. The summed E-state index contributed by atoms with van der Waals surface area (Å²) in [5.74, 6) is 2.00. The van der Waals surface area contributed by atoms with Crippen LogP contribution in [0.1, 0.15) is 25.3 Å². The molecule has 0 unspecified atom stereocenters. The maximum absolute atomic E-state index is 12.5. The lowest BCUT2D eigenvalue weighted by Gasteiger charge is -2.22. The Balaban J connectivity index is 2.17. The van der Waals surface area contributed by atoms with Crippen molar-refractivity contribution in [3.8, 4) is 0 Å². The summed E-state index contributed by atoms with van der Waals surface area (Å²) < 4.78 is 27.8. The van der Waals surface area contributed by atoms with E-state index in [0.717, 1.165) is 36.5 Å². The summed E-state index contributed by atoms with van der Waals surface area (Å²) in [4.78, 5) is 0.179. The fourth-order valence-corrected chi connectivity index (χ4v) is 5.19. The fourth-order valence-electron chi connectivity index (χ4n) is 2.23. The molecule has 1 saturated heterocycles. The normalized spacial score (nSPS) is 17.0. The second-order valence-corrected chi connectivity index (χ2v) is 8.37. The third-order valence-electron chi connectivity index (χ3n) is 3.41. The molecule has 0 atom stereocenters. The molecule has 21 heavy (non-hydrogen) atoms. The monoisotopic (exact) mass is 348 g/mol. The van der Waals surface area contributed by atoms with Crippen LogP contribution in [-0.2, 0) is 16.6 Å². The smallest absolute Gasteiger partial charge is 0.242 e. The molecule has 0 aromatic heterocycles. The van der Waals surface area contributed by atoms with Crippen LogP contribution in [0.2, 0.25) is 5.02 Å². The standard InChI is InChI=1S/C14H21ClN2O2S2/c1-2-16-10-11-3-4-13(15)14(9-11)21(18,19)17-12-5-7-20-8-6-12/h3-4,9,12,16-17H,2,5-8,10H2,1H3. The summed E-state index contributed by atoms with van der Waals surface area (Å²) in [6.45, 7) is 3.48. The largest absolute Gasteiger partial charge is 0.313 e. The van der Waals surface area contributed by atoms with Crippen molar-refractivity contribution >= 4 is 33.4 Å². The molecule has 1 aromatic carbocycles. The van der Waals surface area contributed by atoms with E-state index in [1.165, 1.54) is 0 Å². The number of hydrogen-bond donors (Lipinski definition) is 2. The molecule has 0 saturated carbocycles. The lowest BCUT2D eigenvalue weighted by atomic mass is 10.2. The fraction of sp³-hybridized carbons (Fsp3) is 0.571. The van der Waals surface area contributed by atoms with Crippen molar-refractivity contribution in [1.29, 1.82) is 0 Å². The average molecular weight is 349 g/mol. The molecule has 2 rings (SSSR count). The summed E-state index contributed by atoms with van der Waals surface area (Å²) in [5, 5.41) is 3.45. The van der Waals surface area contributed by atoms with E-state index in [2.05, 4.69) is 10.0 Å². The van der Waals surface area contributed by atoms with E-state index in [0.29, 0.717) is 6.54 Å². The number of benzene rings is 1. The molecular formula is C14H21ClN2O2S2. The molecule has 7 heteroatoms. The third kappa shape index (κ3) is 4.86. The lowest BCUT2D eigenvalue weighted by molar-refractivity contribution is 0.528. The van der Waals surface area contributed by atoms with E-state index in [-0.39, 0.29) is 16.0 Å². The van der Waals surface area contributed by atoms with Crippen LogP contribution in [0.25, 0.3) is 0 Å². The van der Waals surface area contributed by atoms with Gasteiger partial charge in [0, 0.05) is 12.6 Å². The molecule has 4 nitrogen and oxygen atoms in total. The Morgan fingerprint density at radius 2 is 2.05 bits per heavy atom. The Hall–Kier alpha value is -0.270. The van der Waals surface area contributed by atoms with E-state index < -0.39 is 10.0 Å². The number of thioether (sulfide) groups is 1. The minimum atomic E-state index is -3.56. The lowest BCUT2D eigenvalue weighted by Crippen LogP contribution is -2.37. The van der Waals surface area contributed by atoms with E-state index >= 15 is 0 Å². The van der Waals surface area contributed by atoms with Gasteiger partial charge in [-0.2, -0.15) is 11.8 Å². The van der Waals surface area contributed by atoms with Crippen molar-refractivity contribution < 1.29 is 8.42 Å². The molecule has 0 radical (unpaired) electrons. The van der Waals surface area contributed by atoms with Gasteiger partial charge < -0.3 is 5.32 Å². The number of nitrogens with one attached hydrogen (secondary N) is 2. The van der Waals surface area contributed by atoms with Crippen LogP contribution < -0.4 is 10.0 Å². The number of rotatable bonds is 6. The first-order chi connectivity index (χ1) is 10.0. The summed E-state index contributed by atoms with van der Waals surface area (Å²) in [7, 11) is -3.56. The molecule has 1 aliphatic rings. The Kier molecular flexibility index (Phi) is 6.37. The second kappa shape index (κ2) is 7.83. The van der Waals surface area contributed by atoms with Crippen molar-refractivity contribution in [3.63, 3.8) is 0 Å². The van der Waals surface area contributed by atoms with Crippen LogP contribution in [0.15, 0.2) is 23.1 Å². The van der Waals surface area contributed by atoms with Crippen molar-refractivity contribution in [3.05, 3.63) is 28.8 Å². The van der Waals surface area contributed by atoms with Crippen molar-refractivity contribution in [2.24, 2.45) is 0 Å². The maximum Gasteiger partial charge on any atom is 0.242 e. The van der Waals surface area contributed by atoms with Crippen LogP contribution >= 0.6 is 23.4 Å². The van der Waals surface area contributed by atoms with Crippen molar-refractivity contribution in [1.82, 2.24) is 10.0 Å². The first kappa shape index (κ1) is 17.1. The molecule has 0 aliphatic carbocycles. The van der Waals surface area contributed by atoms with Gasteiger partial charge in [-0.3, -0.25) is 0 Å². The maximum atomic E-state index is 12.5. The highest BCUT2D eigenvalue weighted by atomic mass is 35.5. The topological polar surface area (TPSA) is 58.2 Å². The Bertz CT molecular complexity index is 572. The van der Waals surface area contributed by atoms with Gasteiger partial charge >= 0.3 is 0 Å². The zero-order valence-electron chi connectivity index (χ0n) is 12.1. The van der Waals surface area contributed by atoms with Crippen LogP contribution in [0.3, 0.4) is 0 Å². The molecule has 1 heterocycles. The minimum Gasteiger partial charge on any atom is -0.313 e.